The number of imidazole rings is 1. The van der Waals surface area contributed by atoms with Crippen LogP contribution in [0, 0.1) is 5.41 Å². The van der Waals surface area contributed by atoms with E-state index in [4.69, 9.17) is 15.3 Å². The van der Waals surface area contributed by atoms with E-state index in [2.05, 4.69) is 12.1 Å². The van der Waals surface area contributed by atoms with Crippen molar-refractivity contribution in [2.45, 2.75) is 19.5 Å². The average molecular weight is 401 g/mol. The minimum Gasteiger partial charge on any atom is -0.494 e. The Bertz CT molecular complexity index is 1230. The van der Waals surface area contributed by atoms with Crippen molar-refractivity contribution < 1.29 is 14.6 Å². The van der Waals surface area contributed by atoms with Crippen molar-refractivity contribution in [3.05, 3.63) is 95.6 Å². The molecule has 0 aliphatic carbocycles. The molecule has 0 saturated heterocycles. The van der Waals surface area contributed by atoms with Crippen molar-refractivity contribution in [1.82, 2.24) is 9.13 Å². The van der Waals surface area contributed by atoms with E-state index in [1.807, 2.05) is 51.6 Å². The number of benzene rings is 3. The molecule has 0 atom stereocenters. The highest BCUT2D eigenvalue weighted by molar-refractivity contribution is 5.88. The van der Waals surface area contributed by atoms with E-state index in [-0.39, 0.29) is 5.56 Å². The minimum atomic E-state index is -0.971. The van der Waals surface area contributed by atoms with Gasteiger partial charge in [0.2, 0.25) is 5.62 Å². The lowest BCUT2D eigenvalue weighted by atomic mass is 10.2. The number of aromatic nitrogens is 2. The van der Waals surface area contributed by atoms with Gasteiger partial charge in [-0.1, -0.05) is 48.5 Å². The molecule has 4 rings (SSSR count). The molecule has 3 aromatic carbocycles. The van der Waals surface area contributed by atoms with Gasteiger partial charge in [-0.15, -0.1) is 0 Å². The fraction of sp³-hybridized carbons (Fsp3) is 0.167. The lowest BCUT2D eigenvalue weighted by Gasteiger charge is -2.08. The Labute approximate surface area is 174 Å². The van der Waals surface area contributed by atoms with Crippen molar-refractivity contribution in [2.24, 2.45) is 0 Å². The molecule has 0 bridgehead atoms. The summed E-state index contributed by atoms with van der Waals surface area (Å²) in [5.74, 6) is -0.432. The number of carbonyl (C=O) groups is 1. The predicted octanol–water partition coefficient (Wildman–Crippen LogP) is 4.14. The third-order valence-electron chi connectivity index (χ3n) is 5.03. The summed E-state index contributed by atoms with van der Waals surface area (Å²) in [6.07, 6.45) is 0.702. The third kappa shape index (κ3) is 4.12. The number of ether oxygens (including phenoxy) is 1. The molecule has 2 N–H and O–H groups in total. The van der Waals surface area contributed by atoms with Gasteiger partial charge in [0, 0.05) is 6.54 Å². The number of hydrogen-bond donors (Lipinski definition) is 2. The van der Waals surface area contributed by atoms with E-state index in [1.54, 1.807) is 18.2 Å². The van der Waals surface area contributed by atoms with Gasteiger partial charge in [-0.3, -0.25) is 5.41 Å². The summed E-state index contributed by atoms with van der Waals surface area (Å²) < 4.78 is 9.74. The molecule has 1 aromatic heterocycles. The number of nitrogens with zero attached hydrogens (tertiary/aromatic N) is 2. The lowest BCUT2D eigenvalue weighted by molar-refractivity contribution is 0.0696. The first-order valence-corrected chi connectivity index (χ1v) is 9.86. The van der Waals surface area contributed by atoms with Crippen molar-refractivity contribution >= 4 is 17.0 Å². The van der Waals surface area contributed by atoms with Gasteiger partial charge in [-0.2, -0.15) is 0 Å². The number of rotatable bonds is 8. The van der Waals surface area contributed by atoms with Crippen LogP contribution >= 0.6 is 0 Å². The first-order chi connectivity index (χ1) is 14.6. The molecule has 0 saturated carbocycles. The molecule has 30 heavy (non-hydrogen) atoms. The Morgan fingerprint density at radius 3 is 2.33 bits per heavy atom. The zero-order chi connectivity index (χ0) is 20.9. The number of aromatic carboxylic acids is 1. The van der Waals surface area contributed by atoms with Gasteiger partial charge in [0.05, 0.1) is 29.7 Å². The molecule has 0 unspecified atom stereocenters. The van der Waals surface area contributed by atoms with Crippen LogP contribution in [-0.2, 0) is 13.1 Å². The van der Waals surface area contributed by atoms with E-state index < -0.39 is 5.97 Å². The van der Waals surface area contributed by atoms with Crippen LogP contribution in [-0.4, -0.2) is 26.8 Å². The maximum atomic E-state index is 11.1. The van der Waals surface area contributed by atoms with Crippen molar-refractivity contribution in [3.8, 4) is 5.75 Å². The highest BCUT2D eigenvalue weighted by Crippen LogP contribution is 2.16. The summed E-state index contributed by atoms with van der Waals surface area (Å²) >= 11 is 0. The number of aryl methyl sites for hydroxylation is 1. The minimum absolute atomic E-state index is 0.208. The van der Waals surface area contributed by atoms with Crippen LogP contribution in [0.5, 0.6) is 5.75 Å². The second-order valence-corrected chi connectivity index (χ2v) is 7.07. The summed E-state index contributed by atoms with van der Waals surface area (Å²) in [6, 6.07) is 24.7. The first-order valence-electron chi connectivity index (χ1n) is 9.86. The first kappa shape index (κ1) is 19.5. The van der Waals surface area contributed by atoms with Gasteiger partial charge in [0.15, 0.2) is 0 Å². The van der Waals surface area contributed by atoms with Gasteiger partial charge in [-0.25, -0.2) is 4.79 Å². The molecular weight excluding hydrogens is 378 g/mol. The molecule has 0 amide bonds. The van der Waals surface area contributed by atoms with Crippen molar-refractivity contribution in [1.29, 1.82) is 5.41 Å². The zero-order valence-electron chi connectivity index (χ0n) is 16.5. The zero-order valence-corrected chi connectivity index (χ0v) is 16.5. The molecule has 0 radical (unpaired) electrons. The maximum absolute atomic E-state index is 11.1. The highest BCUT2D eigenvalue weighted by atomic mass is 16.5. The van der Waals surface area contributed by atoms with E-state index in [0.717, 1.165) is 16.6 Å². The smallest absolute Gasteiger partial charge is 0.335 e. The standard InChI is InChI=1S/C24H23N3O3/c25-24-26(14-7-15-30-20-11-6-10-19(16-20)23(28)29)21-12-4-5-13-22(21)27(24)17-18-8-2-1-3-9-18/h1-6,8-13,16,25H,7,14-15,17H2,(H,28,29). The van der Waals surface area contributed by atoms with Gasteiger partial charge >= 0.3 is 5.97 Å². The molecule has 1 heterocycles. The summed E-state index contributed by atoms with van der Waals surface area (Å²) in [5, 5.41) is 17.8. The fourth-order valence-electron chi connectivity index (χ4n) is 3.58. The van der Waals surface area contributed by atoms with Gasteiger partial charge < -0.3 is 19.0 Å². The van der Waals surface area contributed by atoms with Crippen LogP contribution < -0.4 is 10.4 Å². The highest BCUT2D eigenvalue weighted by Gasteiger charge is 2.11. The molecule has 0 aliphatic heterocycles. The lowest BCUT2D eigenvalue weighted by Crippen LogP contribution is -2.25. The van der Waals surface area contributed by atoms with Crippen molar-refractivity contribution in [2.75, 3.05) is 6.61 Å². The SMILES string of the molecule is N=c1n(CCCOc2cccc(C(=O)O)c2)c2ccccc2n1Cc1ccccc1. The molecule has 0 fully saturated rings. The third-order valence-corrected chi connectivity index (χ3v) is 5.03. The monoisotopic (exact) mass is 401 g/mol. The molecular formula is C24H23N3O3. The molecule has 4 aromatic rings. The Morgan fingerprint density at radius 2 is 1.60 bits per heavy atom. The largest absolute Gasteiger partial charge is 0.494 e. The van der Waals surface area contributed by atoms with Crippen LogP contribution in [0.3, 0.4) is 0 Å². The average Bonchev–Trinajstić information content (AvgIpc) is 3.03. The molecule has 6 heteroatoms. The summed E-state index contributed by atoms with van der Waals surface area (Å²) in [7, 11) is 0. The maximum Gasteiger partial charge on any atom is 0.335 e. The summed E-state index contributed by atoms with van der Waals surface area (Å²) in [6.45, 7) is 1.72. The fourth-order valence-corrected chi connectivity index (χ4v) is 3.58. The number of carboxylic acids is 1. The number of hydrogen-bond acceptors (Lipinski definition) is 3. The van der Waals surface area contributed by atoms with Crippen LogP contribution in [0.4, 0.5) is 0 Å². The second-order valence-electron chi connectivity index (χ2n) is 7.07. The van der Waals surface area contributed by atoms with E-state index in [9.17, 15) is 4.79 Å². The number of nitrogens with one attached hydrogen (secondary N) is 1. The topological polar surface area (TPSA) is 80.2 Å². The Balaban J connectivity index is 1.49. The van der Waals surface area contributed by atoms with Crippen molar-refractivity contribution in [3.63, 3.8) is 0 Å². The van der Waals surface area contributed by atoms with Crippen LogP contribution in [0.1, 0.15) is 22.3 Å². The van der Waals surface area contributed by atoms with Gasteiger partial charge in [0.25, 0.3) is 0 Å². The van der Waals surface area contributed by atoms with Crippen LogP contribution in [0.2, 0.25) is 0 Å². The van der Waals surface area contributed by atoms with E-state index in [0.29, 0.717) is 37.5 Å². The second kappa shape index (κ2) is 8.69. The molecule has 152 valence electrons. The Morgan fingerprint density at radius 1 is 0.900 bits per heavy atom. The summed E-state index contributed by atoms with van der Waals surface area (Å²) in [4.78, 5) is 11.1. The van der Waals surface area contributed by atoms with Crippen LogP contribution in [0.15, 0.2) is 78.9 Å². The van der Waals surface area contributed by atoms with E-state index in [1.165, 1.54) is 6.07 Å². The predicted molar refractivity (Wildman–Crippen MR) is 115 cm³/mol. The Hall–Kier alpha value is -3.80. The van der Waals surface area contributed by atoms with Crippen LogP contribution in [0.25, 0.3) is 11.0 Å². The normalized spacial score (nSPS) is 10.9. The number of fused-ring (bicyclic) bond motifs is 1. The van der Waals surface area contributed by atoms with Gasteiger partial charge in [0.1, 0.15) is 5.75 Å². The number of para-hydroxylation sites is 2. The molecule has 0 aliphatic rings. The summed E-state index contributed by atoms with van der Waals surface area (Å²) in [5.41, 5.74) is 3.86. The van der Waals surface area contributed by atoms with Gasteiger partial charge in [-0.05, 0) is 42.3 Å². The molecule has 6 nitrogen and oxygen atoms in total. The quantitative estimate of drug-likeness (QED) is 0.436. The molecule has 0 spiro atoms. The number of carboxylic acid groups (broad SMARTS) is 1. The Kier molecular flexibility index (Phi) is 5.66. The van der Waals surface area contributed by atoms with E-state index >= 15 is 0 Å².